The van der Waals surface area contributed by atoms with Crippen molar-refractivity contribution < 1.29 is 9.59 Å². The van der Waals surface area contributed by atoms with Crippen molar-refractivity contribution in [1.29, 1.82) is 0 Å². The van der Waals surface area contributed by atoms with Gasteiger partial charge in [0.05, 0.1) is 12.1 Å². The minimum atomic E-state index is -0.341. The maximum absolute atomic E-state index is 13.0. The Hall–Kier alpha value is -2.12. The summed E-state index contributed by atoms with van der Waals surface area (Å²) in [6, 6.07) is 7.74. The number of hydrogen-bond donors (Lipinski definition) is 3. The zero-order valence-corrected chi connectivity index (χ0v) is 20.7. The maximum atomic E-state index is 13.0. The number of nitrogens with two attached hydrogens (primary N) is 1. The molecule has 4 N–H and O–H groups in total. The summed E-state index contributed by atoms with van der Waals surface area (Å²) in [5, 5.41) is 6.10. The van der Waals surface area contributed by atoms with E-state index < -0.39 is 0 Å². The molecule has 0 bridgehead atoms. The van der Waals surface area contributed by atoms with Gasteiger partial charge in [0.1, 0.15) is 0 Å². The van der Waals surface area contributed by atoms with Gasteiger partial charge in [-0.15, -0.1) is 0 Å². The Morgan fingerprint density at radius 1 is 1.06 bits per heavy atom. The second-order valence-electron chi connectivity index (χ2n) is 10.1. The molecule has 1 saturated heterocycles. The number of nitrogens with zero attached hydrogens (tertiary/aromatic N) is 2. The van der Waals surface area contributed by atoms with Gasteiger partial charge in [-0.1, -0.05) is 33.6 Å². The molecule has 0 aromatic heterocycles. The van der Waals surface area contributed by atoms with Crippen LogP contribution in [-0.4, -0.2) is 61.6 Å². The van der Waals surface area contributed by atoms with Gasteiger partial charge in [0.25, 0.3) is 5.91 Å². The van der Waals surface area contributed by atoms with Crippen LogP contribution in [0.5, 0.6) is 0 Å². The first-order valence-electron chi connectivity index (χ1n) is 12.8. The number of hydrogen-bond acceptors (Lipinski definition) is 5. The minimum absolute atomic E-state index is 0.0364. The first-order chi connectivity index (χ1) is 15.9. The summed E-state index contributed by atoms with van der Waals surface area (Å²) in [5.41, 5.74) is 7.90. The quantitative estimate of drug-likeness (QED) is 0.496. The van der Waals surface area contributed by atoms with Gasteiger partial charge in [-0.25, -0.2) is 0 Å². The molecule has 7 nitrogen and oxygen atoms in total. The monoisotopic (exact) mass is 457 g/mol. The third kappa shape index (κ3) is 7.44. The molecule has 0 radical (unpaired) electrons. The molecule has 1 aliphatic carbocycles. The van der Waals surface area contributed by atoms with Crippen molar-refractivity contribution >= 4 is 17.5 Å². The van der Waals surface area contributed by atoms with Crippen molar-refractivity contribution in [1.82, 2.24) is 15.5 Å². The van der Waals surface area contributed by atoms with E-state index in [0.29, 0.717) is 11.5 Å². The third-order valence-electron chi connectivity index (χ3n) is 6.88. The fourth-order valence-electron chi connectivity index (χ4n) is 5.10. The molecule has 3 atom stereocenters. The summed E-state index contributed by atoms with van der Waals surface area (Å²) in [6.45, 7) is 11.8. The number of rotatable bonds is 9. The molecular formula is C26H43N5O2. The lowest BCUT2D eigenvalue weighted by atomic mass is 9.83. The summed E-state index contributed by atoms with van der Waals surface area (Å²) in [4.78, 5) is 30.7. The molecule has 1 saturated carbocycles. The largest absolute Gasteiger partial charge is 0.369 e. The highest BCUT2D eigenvalue weighted by Crippen LogP contribution is 2.26. The fraction of sp³-hybridized carbons (Fsp3) is 0.692. The van der Waals surface area contributed by atoms with Crippen LogP contribution in [0.15, 0.2) is 24.3 Å². The van der Waals surface area contributed by atoms with Gasteiger partial charge >= 0.3 is 0 Å². The van der Waals surface area contributed by atoms with E-state index in [4.69, 9.17) is 5.73 Å². The summed E-state index contributed by atoms with van der Waals surface area (Å²) < 4.78 is 0. The van der Waals surface area contributed by atoms with Gasteiger partial charge in [0, 0.05) is 43.5 Å². The molecule has 2 amide bonds. The Labute approximate surface area is 199 Å². The number of carbonyl (C=O) groups excluding carboxylic acids is 2. The van der Waals surface area contributed by atoms with Crippen molar-refractivity contribution in [3.8, 4) is 0 Å². The van der Waals surface area contributed by atoms with Crippen molar-refractivity contribution in [3.05, 3.63) is 29.8 Å². The lowest BCUT2D eigenvalue weighted by Crippen LogP contribution is -2.52. The molecule has 2 aliphatic rings. The summed E-state index contributed by atoms with van der Waals surface area (Å²) in [7, 11) is 0. The van der Waals surface area contributed by atoms with E-state index in [1.165, 1.54) is 6.42 Å². The molecule has 2 fully saturated rings. The van der Waals surface area contributed by atoms with Crippen LogP contribution in [0, 0.1) is 11.8 Å². The van der Waals surface area contributed by atoms with E-state index in [9.17, 15) is 9.59 Å². The first kappa shape index (κ1) is 25.5. The van der Waals surface area contributed by atoms with Gasteiger partial charge in [-0.05, 0) is 62.4 Å². The predicted octanol–water partition coefficient (Wildman–Crippen LogP) is 2.95. The molecule has 1 aromatic carbocycles. The summed E-state index contributed by atoms with van der Waals surface area (Å²) >= 11 is 0. The van der Waals surface area contributed by atoms with E-state index in [1.54, 1.807) is 0 Å². The van der Waals surface area contributed by atoms with E-state index in [-0.39, 0.29) is 29.9 Å². The van der Waals surface area contributed by atoms with Crippen LogP contribution < -0.4 is 21.3 Å². The molecule has 1 heterocycles. The number of nitrogens with one attached hydrogen (secondary N) is 2. The van der Waals surface area contributed by atoms with E-state index in [0.717, 1.165) is 70.5 Å². The molecule has 0 spiro atoms. The number of carbonyl (C=O) groups is 2. The highest BCUT2D eigenvalue weighted by atomic mass is 16.2. The highest BCUT2D eigenvalue weighted by Gasteiger charge is 2.33. The zero-order chi connectivity index (χ0) is 23.8. The van der Waals surface area contributed by atoms with Crippen LogP contribution in [0.2, 0.25) is 0 Å². The number of anilines is 1. The van der Waals surface area contributed by atoms with E-state index in [2.05, 4.69) is 41.2 Å². The molecule has 1 aromatic rings. The normalized spacial score (nSPS) is 22.8. The van der Waals surface area contributed by atoms with Gasteiger partial charge in [0.15, 0.2) is 0 Å². The third-order valence-corrected chi connectivity index (χ3v) is 6.88. The molecule has 184 valence electrons. The lowest BCUT2D eigenvalue weighted by molar-refractivity contribution is -0.127. The Morgan fingerprint density at radius 2 is 1.73 bits per heavy atom. The SMILES string of the molecule is CCCN1CCN(c2ccc(C(=O)N[C@H]3CCCC[C@H]3C(=O)N[C@H](N)CC(C)C)cc2)CC1. The fourth-order valence-corrected chi connectivity index (χ4v) is 5.10. The number of amides is 2. The van der Waals surface area contributed by atoms with Gasteiger partial charge < -0.3 is 21.3 Å². The van der Waals surface area contributed by atoms with Gasteiger partial charge in [-0.2, -0.15) is 0 Å². The molecular weight excluding hydrogens is 414 g/mol. The average molecular weight is 458 g/mol. The molecule has 33 heavy (non-hydrogen) atoms. The Morgan fingerprint density at radius 3 is 2.36 bits per heavy atom. The van der Waals surface area contributed by atoms with Crippen molar-refractivity contribution in [3.63, 3.8) is 0 Å². The topological polar surface area (TPSA) is 90.7 Å². The van der Waals surface area contributed by atoms with E-state index in [1.807, 2.05) is 24.3 Å². The van der Waals surface area contributed by atoms with Crippen LogP contribution >= 0.6 is 0 Å². The Balaban J connectivity index is 1.55. The van der Waals surface area contributed by atoms with E-state index >= 15 is 0 Å². The molecule has 3 rings (SSSR count). The second-order valence-corrected chi connectivity index (χ2v) is 10.1. The Bertz CT molecular complexity index is 758. The van der Waals surface area contributed by atoms with Crippen LogP contribution in [0.3, 0.4) is 0 Å². The first-order valence-corrected chi connectivity index (χ1v) is 12.8. The van der Waals surface area contributed by atoms with Crippen molar-refractivity contribution in [2.75, 3.05) is 37.6 Å². The van der Waals surface area contributed by atoms with Crippen molar-refractivity contribution in [2.24, 2.45) is 17.6 Å². The number of piperazine rings is 1. The second kappa shape index (κ2) is 12.4. The zero-order valence-electron chi connectivity index (χ0n) is 20.7. The highest BCUT2D eigenvalue weighted by molar-refractivity contribution is 5.95. The Kier molecular flexibility index (Phi) is 9.56. The van der Waals surface area contributed by atoms with Gasteiger partial charge in [-0.3, -0.25) is 14.5 Å². The number of benzene rings is 1. The smallest absolute Gasteiger partial charge is 0.251 e. The maximum Gasteiger partial charge on any atom is 0.251 e. The summed E-state index contributed by atoms with van der Waals surface area (Å²) in [6.07, 6.45) is 5.23. The molecule has 0 unspecified atom stereocenters. The standard InChI is InChI=1S/C26H43N5O2/c1-4-13-30-14-16-31(17-15-30)21-11-9-20(10-12-21)25(32)28-23-8-6-5-7-22(23)26(33)29-24(27)18-19(2)3/h9-12,19,22-24H,4-8,13-18,27H2,1-3H3,(H,28,32)(H,29,33)/t22-,23+,24+/m1/s1. The molecule has 1 aliphatic heterocycles. The van der Waals surface area contributed by atoms with Crippen LogP contribution in [-0.2, 0) is 4.79 Å². The summed E-state index contributed by atoms with van der Waals surface area (Å²) in [5.74, 6) is 0.0566. The predicted molar refractivity (Wildman–Crippen MR) is 134 cm³/mol. The van der Waals surface area contributed by atoms with Gasteiger partial charge in [0.2, 0.25) is 5.91 Å². The molecule has 7 heteroatoms. The minimum Gasteiger partial charge on any atom is -0.369 e. The van der Waals surface area contributed by atoms with Crippen LogP contribution in [0.25, 0.3) is 0 Å². The van der Waals surface area contributed by atoms with Crippen LogP contribution in [0.1, 0.15) is 69.7 Å². The van der Waals surface area contributed by atoms with Crippen LogP contribution in [0.4, 0.5) is 5.69 Å². The lowest BCUT2D eigenvalue weighted by Gasteiger charge is -2.36. The van der Waals surface area contributed by atoms with Crippen molar-refractivity contribution in [2.45, 2.75) is 71.5 Å². The average Bonchev–Trinajstić information content (AvgIpc) is 2.79.